The van der Waals surface area contributed by atoms with E-state index in [9.17, 15) is 4.79 Å². The maximum Gasteiger partial charge on any atom is 0.310 e. The van der Waals surface area contributed by atoms with Gasteiger partial charge < -0.3 is 14.2 Å². The first-order valence-electron chi connectivity index (χ1n) is 9.73. The zero-order valence-electron chi connectivity index (χ0n) is 15.5. The summed E-state index contributed by atoms with van der Waals surface area (Å²) in [5, 5.41) is 0. The lowest BCUT2D eigenvalue weighted by atomic mass is 9.55. The van der Waals surface area contributed by atoms with E-state index in [0.717, 1.165) is 43.6 Å². The number of ether oxygens (including phenoxy) is 3. The molecule has 1 aromatic rings. The van der Waals surface area contributed by atoms with Crippen LogP contribution in [0.2, 0.25) is 0 Å². The molecule has 138 valence electrons. The van der Waals surface area contributed by atoms with Crippen molar-refractivity contribution in [3.63, 3.8) is 0 Å². The molecule has 1 saturated heterocycles. The zero-order chi connectivity index (χ0) is 18.1. The summed E-state index contributed by atoms with van der Waals surface area (Å²) in [6, 6.07) is 4.22. The van der Waals surface area contributed by atoms with Crippen LogP contribution < -0.4 is 9.47 Å². The lowest BCUT2D eigenvalue weighted by molar-refractivity contribution is -0.154. The van der Waals surface area contributed by atoms with E-state index in [2.05, 4.69) is 18.7 Å². The maximum atomic E-state index is 12.9. The summed E-state index contributed by atoms with van der Waals surface area (Å²) in [6.45, 7) is 4.03. The molecule has 0 aromatic heterocycles. The van der Waals surface area contributed by atoms with Gasteiger partial charge >= 0.3 is 5.97 Å². The van der Waals surface area contributed by atoms with E-state index in [0.29, 0.717) is 17.8 Å². The number of hydrogen-bond donors (Lipinski definition) is 0. The Labute approximate surface area is 154 Å². The number of rotatable bonds is 3. The summed E-state index contributed by atoms with van der Waals surface area (Å²) >= 11 is 0. The van der Waals surface area contributed by atoms with Gasteiger partial charge in [0.25, 0.3) is 0 Å². The standard InChI is InChI=1S/C22H26O4/c1-4-13-6-8-17-14-7-5-12-9-18(24-2)19(25-3)10-15(12)20(14)16-11-22(13,17)26-21(16)23/h4,9-10,13-14,16-17,20H,1,5-8,11H2,2-3H3/t13-,14+,16+,17+,20+,22+/m1/s1. The second-order valence-electron chi connectivity index (χ2n) is 8.35. The van der Waals surface area contributed by atoms with E-state index < -0.39 is 0 Å². The molecule has 6 atom stereocenters. The molecular weight excluding hydrogens is 328 g/mol. The zero-order valence-corrected chi connectivity index (χ0v) is 15.5. The number of methoxy groups -OCH3 is 2. The van der Waals surface area contributed by atoms with Gasteiger partial charge in [0, 0.05) is 24.2 Å². The van der Waals surface area contributed by atoms with Crippen LogP contribution in [0, 0.1) is 23.7 Å². The molecule has 0 N–H and O–H groups in total. The van der Waals surface area contributed by atoms with E-state index in [1.54, 1.807) is 14.2 Å². The first kappa shape index (κ1) is 16.2. The monoisotopic (exact) mass is 354 g/mol. The molecule has 2 saturated carbocycles. The molecule has 1 spiro atoms. The third-order valence-electron chi connectivity index (χ3n) is 7.62. The summed E-state index contributed by atoms with van der Waals surface area (Å²) < 4.78 is 17.2. The highest BCUT2D eigenvalue weighted by molar-refractivity contribution is 5.78. The number of benzene rings is 1. The topological polar surface area (TPSA) is 44.8 Å². The molecule has 0 radical (unpaired) electrons. The minimum absolute atomic E-state index is 0.00103. The molecule has 1 aromatic carbocycles. The number of esters is 1. The fourth-order valence-corrected chi connectivity index (χ4v) is 6.64. The fraction of sp³-hybridized carbons (Fsp3) is 0.591. The van der Waals surface area contributed by atoms with Crippen LogP contribution >= 0.6 is 0 Å². The summed E-state index contributed by atoms with van der Waals surface area (Å²) in [7, 11) is 3.35. The molecule has 0 amide bonds. The van der Waals surface area contributed by atoms with Gasteiger partial charge in [-0.2, -0.15) is 0 Å². The van der Waals surface area contributed by atoms with E-state index in [1.807, 2.05) is 6.08 Å². The molecule has 4 heteroatoms. The normalized spacial score (nSPS) is 39.5. The van der Waals surface area contributed by atoms with Crippen LogP contribution in [0.25, 0.3) is 0 Å². The smallest absolute Gasteiger partial charge is 0.310 e. The van der Waals surface area contributed by atoms with Crippen LogP contribution in [0.4, 0.5) is 0 Å². The van der Waals surface area contributed by atoms with E-state index >= 15 is 0 Å². The molecule has 4 nitrogen and oxygen atoms in total. The average Bonchev–Trinajstić information content (AvgIpc) is 3.17. The highest BCUT2D eigenvalue weighted by Crippen LogP contribution is 2.65. The minimum atomic E-state index is -0.279. The summed E-state index contributed by atoms with van der Waals surface area (Å²) in [4.78, 5) is 12.9. The summed E-state index contributed by atoms with van der Waals surface area (Å²) in [5.41, 5.74) is 2.30. The number of aryl methyl sites for hydroxylation is 1. The van der Waals surface area contributed by atoms with Crippen LogP contribution in [0.5, 0.6) is 11.5 Å². The second kappa shape index (κ2) is 5.51. The Balaban J connectivity index is 1.63. The molecular formula is C22H26O4. The molecule has 3 aliphatic carbocycles. The Morgan fingerprint density at radius 2 is 1.96 bits per heavy atom. The Morgan fingerprint density at radius 3 is 2.69 bits per heavy atom. The number of carbonyl (C=O) groups is 1. The van der Waals surface area contributed by atoms with Crippen LogP contribution in [0.3, 0.4) is 0 Å². The highest BCUT2D eigenvalue weighted by atomic mass is 16.6. The maximum absolute atomic E-state index is 12.9. The SMILES string of the molecule is C=C[C@@H]1CC[C@H]2[C@@H]3CCc4cc(OC)c(OC)cc4[C@H]3[C@@H]3C[C@]12OC3=O. The van der Waals surface area contributed by atoms with Gasteiger partial charge in [0.1, 0.15) is 5.60 Å². The predicted octanol–water partition coefficient (Wildman–Crippen LogP) is 3.88. The Bertz CT molecular complexity index is 785. The van der Waals surface area contributed by atoms with Crippen LogP contribution in [0.15, 0.2) is 24.8 Å². The quantitative estimate of drug-likeness (QED) is 0.610. The summed E-state index contributed by atoms with van der Waals surface area (Å²) in [6.07, 6.45) is 7.26. The van der Waals surface area contributed by atoms with Gasteiger partial charge in [-0.1, -0.05) is 6.08 Å². The first-order chi connectivity index (χ1) is 12.6. The van der Waals surface area contributed by atoms with Gasteiger partial charge in [-0.15, -0.1) is 6.58 Å². The molecule has 4 aliphatic rings. The summed E-state index contributed by atoms with van der Waals surface area (Å²) in [5.74, 6) is 3.02. The van der Waals surface area contributed by atoms with Gasteiger partial charge in [0.2, 0.25) is 0 Å². The molecule has 1 heterocycles. The van der Waals surface area contributed by atoms with Crippen molar-refractivity contribution >= 4 is 5.97 Å². The molecule has 1 aliphatic heterocycles. The Kier molecular flexibility index (Phi) is 3.44. The third-order valence-corrected chi connectivity index (χ3v) is 7.62. The largest absolute Gasteiger partial charge is 0.493 e. The van der Waals surface area contributed by atoms with Gasteiger partial charge in [-0.05, 0) is 54.9 Å². The molecule has 26 heavy (non-hydrogen) atoms. The molecule has 2 bridgehead atoms. The van der Waals surface area contributed by atoms with E-state index in [-0.39, 0.29) is 23.4 Å². The van der Waals surface area contributed by atoms with Gasteiger partial charge in [-0.25, -0.2) is 0 Å². The van der Waals surface area contributed by atoms with Crippen molar-refractivity contribution in [2.45, 2.75) is 43.6 Å². The van der Waals surface area contributed by atoms with Gasteiger partial charge in [-0.3, -0.25) is 4.79 Å². The van der Waals surface area contributed by atoms with Crippen LogP contribution in [-0.4, -0.2) is 25.8 Å². The Morgan fingerprint density at radius 1 is 1.19 bits per heavy atom. The van der Waals surface area contributed by atoms with E-state index in [1.165, 1.54) is 11.1 Å². The average molecular weight is 354 g/mol. The highest BCUT2D eigenvalue weighted by Gasteiger charge is 2.67. The first-order valence-corrected chi connectivity index (χ1v) is 9.73. The van der Waals surface area contributed by atoms with Crippen LogP contribution in [0.1, 0.15) is 42.7 Å². The molecule has 0 unspecified atom stereocenters. The molecule has 3 fully saturated rings. The van der Waals surface area contributed by atoms with Crippen molar-refractivity contribution in [3.8, 4) is 11.5 Å². The van der Waals surface area contributed by atoms with E-state index in [4.69, 9.17) is 14.2 Å². The van der Waals surface area contributed by atoms with Crippen molar-refractivity contribution in [2.75, 3.05) is 14.2 Å². The van der Waals surface area contributed by atoms with Crippen molar-refractivity contribution in [3.05, 3.63) is 35.9 Å². The number of hydrogen-bond acceptors (Lipinski definition) is 4. The Hall–Kier alpha value is -1.97. The van der Waals surface area contributed by atoms with Gasteiger partial charge in [0.15, 0.2) is 11.5 Å². The van der Waals surface area contributed by atoms with Gasteiger partial charge in [0.05, 0.1) is 20.1 Å². The number of carbonyl (C=O) groups excluding carboxylic acids is 1. The lowest BCUT2D eigenvalue weighted by Gasteiger charge is -2.47. The van der Waals surface area contributed by atoms with Crippen LogP contribution in [-0.2, 0) is 16.0 Å². The minimum Gasteiger partial charge on any atom is -0.493 e. The second-order valence-corrected chi connectivity index (χ2v) is 8.35. The fourth-order valence-electron chi connectivity index (χ4n) is 6.64. The lowest BCUT2D eigenvalue weighted by Crippen LogP contribution is -2.48. The number of fused-ring (bicyclic) bond motifs is 6. The van der Waals surface area contributed by atoms with Crippen molar-refractivity contribution in [1.82, 2.24) is 0 Å². The van der Waals surface area contributed by atoms with Crippen molar-refractivity contribution in [2.24, 2.45) is 23.7 Å². The molecule has 5 rings (SSSR count). The van der Waals surface area contributed by atoms with Crippen molar-refractivity contribution in [1.29, 1.82) is 0 Å². The van der Waals surface area contributed by atoms with Crippen molar-refractivity contribution < 1.29 is 19.0 Å². The predicted molar refractivity (Wildman–Crippen MR) is 97.4 cm³/mol. The third kappa shape index (κ3) is 1.88.